The van der Waals surface area contributed by atoms with Gasteiger partial charge < -0.3 is 10.1 Å². The number of carbonyl (C=O) groups is 2. The van der Waals surface area contributed by atoms with E-state index in [9.17, 15) is 9.59 Å². The number of nitrogens with zero attached hydrogens (tertiary/aromatic N) is 2. The first kappa shape index (κ1) is 17.2. The fourth-order valence-electron chi connectivity index (χ4n) is 2.44. The minimum atomic E-state index is -0.368. The molecule has 23 heavy (non-hydrogen) atoms. The molecule has 2 rings (SSSR count). The molecule has 1 atom stereocenters. The van der Waals surface area contributed by atoms with Gasteiger partial charge >= 0.3 is 5.97 Å². The summed E-state index contributed by atoms with van der Waals surface area (Å²) >= 11 is 1.50. The summed E-state index contributed by atoms with van der Waals surface area (Å²) in [4.78, 5) is 24.9. The first-order chi connectivity index (χ1) is 10.9. The van der Waals surface area contributed by atoms with Gasteiger partial charge in [-0.05, 0) is 25.3 Å². The Morgan fingerprint density at radius 3 is 2.70 bits per heavy atom. The van der Waals surface area contributed by atoms with E-state index >= 15 is 0 Å². The quantitative estimate of drug-likeness (QED) is 0.820. The minimum absolute atomic E-state index is 0.119. The molecule has 6 nitrogen and oxygen atoms in total. The highest BCUT2D eigenvalue weighted by atomic mass is 32.1. The van der Waals surface area contributed by atoms with E-state index in [-0.39, 0.29) is 30.8 Å². The third-order valence-corrected chi connectivity index (χ3v) is 4.80. The molecule has 0 aliphatic carbocycles. The molecule has 0 radical (unpaired) electrons. The molecule has 1 amide bonds. The van der Waals surface area contributed by atoms with Gasteiger partial charge in [0.05, 0.1) is 31.7 Å². The van der Waals surface area contributed by atoms with Crippen molar-refractivity contribution in [1.29, 1.82) is 0 Å². The lowest BCUT2D eigenvalue weighted by molar-refractivity contribution is -0.141. The topological polar surface area (TPSA) is 73.2 Å². The molecule has 7 heteroatoms. The molecule has 0 bridgehead atoms. The standard InChI is InChI=1S/C16H21N3O3S/c1-10-12(11(2)19(3)18-10)8-15(20)17-13(9-16(21)22-4)14-6-5-7-23-14/h5-7,13H,8-9H2,1-4H3,(H,17,20). The number of rotatable bonds is 6. The normalized spacial score (nSPS) is 12.0. The third-order valence-electron chi connectivity index (χ3n) is 3.82. The molecule has 1 unspecified atom stereocenters. The average molecular weight is 335 g/mol. The molecule has 0 aromatic carbocycles. The van der Waals surface area contributed by atoms with Crippen LogP contribution in [0.15, 0.2) is 17.5 Å². The zero-order valence-corrected chi connectivity index (χ0v) is 14.6. The molecule has 2 aromatic rings. The maximum atomic E-state index is 12.4. The van der Waals surface area contributed by atoms with Gasteiger partial charge in [-0.15, -0.1) is 11.3 Å². The smallest absolute Gasteiger partial charge is 0.307 e. The van der Waals surface area contributed by atoms with Crippen molar-refractivity contribution in [2.24, 2.45) is 7.05 Å². The van der Waals surface area contributed by atoms with Crippen molar-refractivity contribution >= 4 is 23.2 Å². The molecule has 0 saturated carbocycles. The van der Waals surface area contributed by atoms with Crippen molar-refractivity contribution in [2.45, 2.75) is 32.7 Å². The van der Waals surface area contributed by atoms with E-state index in [0.717, 1.165) is 21.8 Å². The van der Waals surface area contributed by atoms with Gasteiger partial charge in [0.1, 0.15) is 0 Å². The van der Waals surface area contributed by atoms with Crippen LogP contribution in [0.2, 0.25) is 0 Å². The largest absolute Gasteiger partial charge is 0.469 e. The Balaban J connectivity index is 2.10. The van der Waals surface area contributed by atoms with Crippen LogP contribution in [0.4, 0.5) is 0 Å². The monoisotopic (exact) mass is 335 g/mol. The second-order valence-corrected chi connectivity index (χ2v) is 6.34. The van der Waals surface area contributed by atoms with E-state index in [1.54, 1.807) is 4.68 Å². The van der Waals surface area contributed by atoms with Crippen LogP contribution in [0.1, 0.15) is 34.3 Å². The predicted molar refractivity (Wildman–Crippen MR) is 88.2 cm³/mol. The van der Waals surface area contributed by atoms with E-state index < -0.39 is 0 Å². The first-order valence-corrected chi connectivity index (χ1v) is 8.19. The average Bonchev–Trinajstić information content (AvgIpc) is 3.11. The summed E-state index contributed by atoms with van der Waals surface area (Å²) in [6, 6.07) is 3.43. The van der Waals surface area contributed by atoms with Crippen molar-refractivity contribution in [3.63, 3.8) is 0 Å². The van der Waals surface area contributed by atoms with E-state index in [1.807, 2.05) is 38.4 Å². The van der Waals surface area contributed by atoms with Crippen LogP contribution in [0.3, 0.4) is 0 Å². The van der Waals surface area contributed by atoms with E-state index in [2.05, 4.69) is 10.4 Å². The lowest BCUT2D eigenvalue weighted by atomic mass is 10.1. The number of ether oxygens (including phenoxy) is 1. The van der Waals surface area contributed by atoms with Crippen LogP contribution < -0.4 is 5.32 Å². The van der Waals surface area contributed by atoms with Crippen LogP contribution in [0.5, 0.6) is 0 Å². The van der Waals surface area contributed by atoms with Crippen LogP contribution in [-0.4, -0.2) is 28.8 Å². The summed E-state index contributed by atoms with van der Waals surface area (Å²) in [6.07, 6.45) is 0.363. The number of thiophene rings is 1. The molecule has 124 valence electrons. The lowest BCUT2D eigenvalue weighted by Gasteiger charge is -2.16. The van der Waals surface area contributed by atoms with Gasteiger partial charge in [-0.1, -0.05) is 6.07 Å². The third kappa shape index (κ3) is 4.19. The maximum absolute atomic E-state index is 12.4. The van der Waals surface area contributed by atoms with Crippen LogP contribution >= 0.6 is 11.3 Å². The Kier molecular flexibility index (Phi) is 5.54. The van der Waals surface area contributed by atoms with Gasteiger partial charge in [0.15, 0.2) is 0 Å². The summed E-state index contributed by atoms with van der Waals surface area (Å²) in [6.45, 7) is 3.83. The first-order valence-electron chi connectivity index (χ1n) is 7.31. The van der Waals surface area contributed by atoms with Crippen LogP contribution in [-0.2, 0) is 27.8 Å². The number of amides is 1. The summed E-state index contributed by atoms with van der Waals surface area (Å²) in [5, 5.41) is 9.17. The Morgan fingerprint density at radius 2 is 2.17 bits per heavy atom. The molecule has 0 spiro atoms. The number of nitrogens with one attached hydrogen (secondary N) is 1. The van der Waals surface area contributed by atoms with Gasteiger partial charge in [-0.3, -0.25) is 14.3 Å². The van der Waals surface area contributed by atoms with Gasteiger partial charge in [-0.25, -0.2) is 0 Å². The maximum Gasteiger partial charge on any atom is 0.307 e. The second-order valence-electron chi connectivity index (χ2n) is 5.37. The molecule has 0 saturated heterocycles. The van der Waals surface area contributed by atoms with Gasteiger partial charge in [0.2, 0.25) is 5.91 Å². The highest BCUT2D eigenvalue weighted by Crippen LogP contribution is 2.23. The summed E-state index contributed by atoms with van der Waals surface area (Å²) in [7, 11) is 3.20. The number of aryl methyl sites for hydroxylation is 2. The van der Waals surface area contributed by atoms with Gasteiger partial charge in [-0.2, -0.15) is 5.10 Å². The highest BCUT2D eigenvalue weighted by molar-refractivity contribution is 7.10. The Bertz CT molecular complexity index is 692. The molecular weight excluding hydrogens is 314 g/mol. The number of aromatic nitrogens is 2. The van der Waals surface area contributed by atoms with E-state index in [4.69, 9.17) is 4.74 Å². The molecule has 1 N–H and O–H groups in total. The Labute approximate surface area is 139 Å². The molecule has 0 fully saturated rings. The van der Waals surface area contributed by atoms with Gasteiger partial charge in [0, 0.05) is 23.2 Å². The van der Waals surface area contributed by atoms with Crippen molar-refractivity contribution in [2.75, 3.05) is 7.11 Å². The number of carbonyl (C=O) groups excluding carboxylic acids is 2. The summed E-state index contributed by atoms with van der Waals surface area (Å²) in [5.74, 6) is -0.482. The lowest BCUT2D eigenvalue weighted by Crippen LogP contribution is -2.31. The zero-order valence-electron chi connectivity index (χ0n) is 13.8. The predicted octanol–water partition coefficient (Wildman–Crippen LogP) is 2.06. The van der Waals surface area contributed by atoms with Crippen molar-refractivity contribution in [3.8, 4) is 0 Å². The summed E-state index contributed by atoms with van der Waals surface area (Å²) < 4.78 is 6.49. The van der Waals surface area contributed by atoms with E-state index in [1.165, 1.54) is 18.4 Å². The fourth-order valence-corrected chi connectivity index (χ4v) is 3.22. The second kappa shape index (κ2) is 7.41. The van der Waals surface area contributed by atoms with Crippen LogP contribution in [0, 0.1) is 13.8 Å². The van der Waals surface area contributed by atoms with Crippen molar-refractivity contribution < 1.29 is 14.3 Å². The minimum Gasteiger partial charge on any atom is -0.469 e. The zero-order chi connectivity index (χ0) is 17.0. The number of hydrogen-bond acceptors (Lipinski definition) is 5. The Morgan fingerprint density at radius 1 is 1.43 bits per heavy atom. The SMILES string of the molecule is COC(=O)CC(NC(=O)Cc1c(C)nn(C)c1C)c1cccs1. The Hall–Kier alpha value is -2.15. The number of esters is 1. The molecule has 0 aliphatic heterocycles. The molecule has 2 heterocycles. The molecule has 2 aromatic heterocycles. The number of methoxy groups -OCH3 is 1. The fraction of sp³-hybridized carbons (Fsp3) is 0.438. The molecular formula is C16H21N3O3S. The highest BCUT2D eigenvalue weighted by Gasteiger charge is 2.21. The van der Waals surface area contributed by atoms with E-state index in [0.29, 0.717) is 0 Å². The number of hydrogen-bond donors (Lipinski definition) is 1. The van der Waals surface area contributed by atoms with Crippen molar-refractivity contribution in [3.05, 3.63) is 39.3 Å². The molecule has 0 aliphatic rings. The van der Waals surface area contributed by atoms with Gasteiger partial charge in [0.25, 0.3) is 0 Å². The van der Waals surface area contributed by atoms with Crippen LogP contribution in [0.25, 0.3) is 0 Å². The van der Waals surface area contributed by atoms with Crippen molar-refractivity contribution in [1.82, 2.24) is 15.1 Å². The summed E-state index contributed by atoms with van der Waals surface area (Å²) in [5.41, 5.74) is 2.74.